The van der Waals surface area contributed by atoms with Crippen molar-refractivity contribution in [2.75, 3.05) is 11.4 Å². The van der Waals surface area contributed by atoms with E-state index >= 15 is 0 Å². The minimum Gasteiger partial charge on any atom is -0.334 e. The van der Waals surface area contributed by atoms with Gasteiger partial charge in [-0.05, 0) is 36.2 Å². The van der Waals surface area contributed by atoms with Crippen LogP contribution in [0.25, 0.3) is 11.5 Å². The maximum Gasteiger partial charge on any atom is 0.258 e. The normalized spacial score (nSPS) is 17.2. The van der Waals surface area contributed by atoms with Gasteiger partial charge in [-0.15, -0.1) is 0 Å². The Kier molecular flexibility index (Phi) is 4.01. The second-order valence-corrected chi connectivity index (χ2v) is 6.12. The van der Waals surface area contributed by atoms with E-state index in [1.54, 1.807) is 12.4 Å². The molecule has 3 heterocycles. The van der Waals surface area contributed by atoms with Crippen LogP contribution in [0.15, 0.2) is 53.3 Å². The van der Waals surface area contributed by atoms with Gasteiger partial charge in [0.15, 0.2) is 5.82 Å². The van der Waals surface area contributed by atoms with Gasteiger partial charge in [0.05, 0.1) is 0 Å². The number of aryl methyl sites for hydroxylation is 1. The first-order valence-corrected chi connectivity index (χ1v) is 8.38. The quantitative estimate of drug-likeness (QED) is 0.732. The lowest BCUT2D eigenvalue weighted by Crippen LogP contribution is -2.24. The van der Waals surface area contributed by atoms with Gasteiger partial charge in [0, 0.05) is 42.5 Å². The van der Waals surface area contributed by atoms with Crippen LogP contribution in [0.1, 0.15) is 30.7 Å². The molecule has 4 rings (SSSR count). The Labute approximate surface area is 145 Å². The molecule has 6 heteroatoms. The van der Waals surface area contributed by atoms with Crippen molar-refractivity contribution in [3.63, 3.8) is 0 Å². The van der Waals surface area contributed by atoms with Crippen LogP contribution in [0.2, 0.25) is 0 Å². The first-order chi connectivity index (χ1) is 12.2. The van der Waals surface area contributed by atoms with Gasteiger partial charge in [-0.1, -0.05) is 24.2 Å². The fraction of sp³-hybridized carbons (Fsp3) is 0.263. The van der Waals surface area contributed by atoms with Crippen molar-refractivity contribution < 1.29 is 9.32 Å². The van der Waals surface area contributed by atoms with E-state index in [9.17, 15) is 4.79 Å². The van der Waals surface area contributed by atoms with Gasteiger partial charge in [-0.3, -0.25) is 9.78 Å². The Balaban J connectivity index is 1.55. The predicted molar refractivity (Wildman–Crippen MR) is 93.1 cm³/mol. The van der Waals surface area contributed by atoms with Gasteiger partial charge < -0.3 is 9.42 Å². The average Bonchev–Trinajstić information content (AvgIpc) is 3.29. The SMILES string of the molecule is CCc1cccc(N2CC(c3noc(-c4ccncc4)n3)CC2=O)c1. The molecule has 1 fully saturated rings. The second kappa shape index (κ2) is 6.47. The third-order valence-corrected chi connectivity index (χ3v) is 4.49. The zero-order chi connectivity index (χ0) is 17.2. The Hall–Kier alpha value is -3.02. The fourth-order valence-electron chi connectivity index (χ4n) is 3.09. The standard InChI is InChI=1S/C19H18N4O2/c1-2-13-4-3-5-16(10-13)23-12-15(11-17(23)24)18-21-19(25-22-18)14-6-8-20-9-7-14/h3-10,15H,2,11-12H2,1H3. The van der Waals surface area contributed by atoms with Crippen molar-refractivity contribution in [1.29, 1.82) is 0 Å². The molecule has 1 amide bonds. The number of benzene rings is 1. The van der Waals surface area contributed by atoms with Crippen molar-refractivity contribution in [2.24, 2.45) is 0 Å². The van der Waals surface area contributed by atoms with Crippen molar-refractivity contribution in [1.82, 2.24) is 15.1 Å². The second-order valence-electron chi connectivity index (χ2n) is 6.12. The molecule has 25 heavy (non-hydrogen) atoms. The van der Waals surface area contributed by atoms with Crippen LogP contribution in [0, 0.1) is 0 Å². The van der Waals surface area contributed by atoms with E-state index < -0.39 is 0 Å². The first kappa shape index (κ1) is 15.5. The number of anilines is 1. The van der Waals surface area contributed by atoms with Crippen LogP contribution in [0.3, 0.4) is 0 Å². The summed E-state index contributed by atoms with van der Waals surface area (Å²) in [6, 6.07) is 11.7. The van der Waals surface area contributed by atoms with Crippen LogP contribution < -0.4 is 4.90 Å². The summed E-state index contributed by atoms with van der Waals surface area (Å²) in [4.78, 5) is 22.7. The van der Waals surface area contributed by atoms with Crippen LogP contribution in [0.4, 0.5) is 5.69 Å². The number of pyridine rings is 1. The molecule has 0 radical (unpaired) electrons. The third-order valence-electron chi connectivity index (χ3n) is 4.49. The molecule has 0 spiro atoms. The van der Waals surface area contributed by atoms with Gasteiger partial charge >= 0.3 is 0 Å². The lowest BCUT2D eigenvalue weighted by molar-refractivity contribution is -0.117. The monoisotopic (exact) mass is 334 g/mol. The summed E-state index contributed by atoms with van der Waals surface area (Å²) in [6.45, 7) is 2.68. The Morgan fingerprint density at radius 1 is 1.24 bits per heavy atom. The first-order valence-electron chi connectivity index (χ1n) is 8.38. The summed E-state index contributed by atoms with van der Waals surface area (Å²) in [5, 5.41) is 4.09. The zero-order valence-corrected chi connectivity index (χ0v) is 13.9. The summed E-state index contributed by atoms with van der Waals surface area (Å²) in [6.07, 6.45) is 4.70. The van der Waals surface area contributed by atoms with Gasteiger partial charge in [0.1, 0.15) is 0 Å². The number of aromatic nitrogens is 3. The molecule has 0 bridgehead atoms. The Morgan fingerprint density at radius 3 is 2.88 bits per heavy atom. The van der Waals surface area contributed by atoms with E-state index in [1.807, 2.05) is 29.2 Å². The van der Waals surface area contributed by atoms with Gasteiger partial charge in [-0.25, -0.2) is 0 Å². The number of amides is 1. The Morgan fingerprint density at radius 2 is 2.08 bits per heavy atom. The number of nitrogens with zero attached hydrogens (tertiary/aromatic N) is 4. The van der Waals surface area contributed by atoms with Crippen LogP contribution in [0.5, 0.6) is 0 Å². The van der Waals surface area contributed by atoms with E-state index in [-0.39, 0.29) is 11.8 Å². The highest BCUT2D eigenvalue weighted by atomic mass is 16.5. The molecule has 1 aromatic carbocycles. The number of carbonyl (C=O) groups is 1. The largest absolute Gasteiger partial charge is 0.334 e. The molecule has 1 aliphatic rings. The van der Waals surface area contributed by atoms with E-state index in [0.717, 1.165) is 17.7 Å². The minimum atomic E-state index is -0.0582. The number of hydrogen-bond donors (Lipinski definition) is 0. The molecule has 1 unspecified atom stereocenters. The van der Waals surface area contributed by atoms with Gasteiger partial charge in [0.25, 0.3) is 5.89 Å². The molecular formula is C19H18N4O2. The maximum atomic E-state index is 12.5. The molecule has 126 valence electrons. The van der Waals surface area contributed by atoms with E-state index in [2.05, 4.69) is 34.2 Å². The maximum absolute atomic E-state index is 12.5. The van der Waals surface area contributed by atoms with Crippen LogP contribution >= 0.6 is 0 Å². The third kappa shape index (κ3) is 3.03. The van der Waals surface area contributed by atoms with Gasteiger partial charge in [0.2, 0.25) is 5.91 Å². The van der Waals surface area contributed by atoms with E-state index in [0.29, 0.717) is 24.7 Å². The van der Waals surface area contributed by atoms with E-state index in [4.69, 9.17) is 4.52 Å². The molecule has 2 aromatic heterocycles. The molecule has 0 aliphatic carbocycles. The lowest BCUT2D eigenvalue weighted by atomic mass is 10.1. The average molecular weight is 334 g/mol. The number of rotatable bonds is 4. The molecular weight excluding hydrogens is 316 g/mol. The van der Waals surface area contributed by atoms with Crippen molar-refractivity contribution in [2.45, 2.75) is 25.7 Å². The number of hydrogen-bond acceptors (Lipinski definition) is 5. The van der Waals surface area contributed by atoms with E-state index in [1.165, 1.54) is 5.56 Å². The predicted octanol–water partition coefficient (Wildman–Crippen LogP) is 3.21. The molecule has 1 atom stereocenters. The smallest absolute Gasteiger partial charge is 0.258 e. The highest BCUT2D eigenvalue weighted by molar-refractivity contribution is 5.96. The van der Waals surface area contributed by atoms with Crippen molar-refractivity contribution in [3.8, 4) is 11.5 Å². The molecule has 1 aliphatic heterocycles. The molecule has 6 nitrogen and oxygen atoms in total. The molecule has 0 saturated carbocycles. The highest BCUT2D eigenvalue weighted by Crippen LogP contribution is 2.31. The fourth-order valence-corrected chi connectivity index (χ4v) is 3.09. The Bertz CT molecular complexity index is 891. The molecule has 0 N–H and O–H groups in total. The molecule has 1 saturated heterocycles. The van der Waals surface area contributed by atoms with Gasteiger partial charge in [-0.2, -0.15) is 4.98 Å². The zero-order valence-electron chi connectivity index (χ0n) is 13.9. The number of carbonyl (C=O) groups excluding carboxylic acids is 1. The van der Waals surface area contributed by atoms with Crippen LogP contribution in [-0.2, 0) is 11.2 Å². The summed E-state index contributed by atoms with van der Waals surface area (Å²) < 4.78 is 5.36. The lowest BCUT2D eigenvalue weighted by Gasteiger charge is -2.17. The van der Waals surface area contributed by atoms with Crippen molar-refractivity contribution in [3.05, 3.63) is 60.2 Å². The summed E-state index contributed by atoms with van der Waals surface area (Å²) in [7, 11) is 0. The van der Waals surface area contributed by atoms with Crippen molar-refractivity contribution >= 4 is 11.6 Å². The summed E-state index contributed by atoms with van der Waals surface area (Å²) >= 11 is 0. The molecule has 3 aromatic rings. The van der Waals surface area contributed by atoms with Crippen LogP contribution in [-0.4, -0.2) is 27.6 Å². The summed E-state index contributed by atoms with van der Waals surface area (Å²) in [5.74, 6) is 1.07. The topological polar surface area (TPSA) is 72.1 Å². The minimum absolute atomic E-state index is 0.0582. The summed E-state index contributed by atoms with van der Waals surface area (Å²) in [5.41, 5.74) is 2.98. The highest BCUT2D eigenvalue weighted by Gasteiger charge is 2.34.